The van der Waals surface area contributed by atoms with Gasteiger partial charge in [0, 0.05) is 18.7 Å². The van der Waals surface area contributed by atoms with Gasteiger partial charge in [0.2, 0.25) is 12.7 Å². The van der Waals surface area contributed by atoms with Crippen LogP contribution in [0.3, 0.4) is 0 Å². The number of hydrogen-bond donors (Lipinski definition) is 1. The van der Waals surface area contributed by atoms with Gasteiger partial charge in [-0.1, -0.05) is 31.5 Å². The summed E-state index contributed by atoms with van der Waals surface area (Å²) in [5.41, 5.74) is 0.904. The van der Waals surface area contributed by atoms with Gasteiger partial charge in [0.15, 0.2) is 22.5 Å². The number of nitrogens with zero attached hydrogens (tertiary/aromatic N) is 3. The summed E-state index contributed by atoms with van der Waals surface area (Å²) in [6, 6.07) is 6.01. The van der Waals surface area contributed by atoms with E-state index in [1.54, 1.807) is 0 Å². The zero-order chi connectivity index (χ0) is 18.8. The fourth-order valence-electron chi connectivity index (χ4n) is 3.64. The third kappa shape index (κ3) is 3.90. The SMILES string of the molecule is C[C@@H]1CCCC[C@@H]1NC(=O)CSc1nnc(-c2ccc3c(c2)OCO3)n1C. The van der Waals surface area contributed by atoms with Crippen molar-refractivity contribution in [3.63, 3.8) is 0 Å². The molecule has 0 radical (unpaired) electrons. The van der Waals surface area contributed by atoms with Crippen molar-refractivity contribution in [2.75, 3.05) is 12.5 Å². The van der Waals surface area contributed by atoms with Crippen molar-refractivity contribution in [1.29, 1.82) is 0 Å². The molecule has 2 aromatic rings. The smallest absolute Gasteiger partial charge is 0.231 e. The van der Waals surface area contributed by atoms with Gasteiger partial charge in [-0.15, -0.1) is 10.2 Å². The molecular formula is C19H24N4O3S. The lowest BCUT2D eigenvalue weighted by molar-refractivity contribution is -0.119. The predicted molar refractivity (Wildman–Crippen MR) is 103 cm³/mol. The molecule has 2 heterocycles. The van der Waals surface area contributed by atoms with Crippen LogP contribution in [0.15, 0.2) is 23.4 Å². The minimum absolute atomic E-state index is 0.0615. The molecule has 4 rings (SSSR count). The quantitative estimate of drug-likeness (QED) is 0.794. The van der Waals surface area contributed by atoms with E-state index < -0.39 is 0 Å². The Morgan fingerprint density at radius 3 is 2.93 bits per heavy atom. The third-order valence-electron chi connectivity index (χ3n) is 5.26. The Morgan fingerprint density at radius 1 is 1.26 bits per heavy atom. The second kappa shape index (κ2) is 7.80. The Morgan fingerprint density at radius 2 is 2.07 bits per heavy atom. The molecule has 1 aromatic carbocycles. The van der Waals surface area contributed by atoms with Gasteiger partial charge in [0.05, 0.1) is 5.75 Å². The summed E-state index contributed by atoms with van der Waals surface area (Å²) in [6.07, 6.45) is 4.74. The average molecular weight is 388 g/mol. The molecule has 7 nitrogen and oxygen atoms in total. The highest BCUT2D eigenvalue weighted by molar-refractivity contribution is 7.99. The van der Waals surface area contributed by atoms with Gasteiger partial charge >= 0.3 is 0 Å². The molecule has 1 aliphatic carbocycles. The molecule has 0 saturated heterocycles. The van der Waals surface area contributed by atoms with Crippen molar-refractivity contribution in [2.24, 2.45) is 13.0 Å². The molecular weight excluding hydrogens is 364 g/mol. The molecule has 1 saturated carbocycles. The second-order valence-corrected chi connectivity index (χ2v) is 8.10. The summed E-state index contributed by atoms with van der Waals surface area (Å²) >= 11 is 1.41. The Labute approximate surface area is 162 Å². The first-order valence-electron chi connectivity index (χ1n) is 9.33. The number of fused-ring (bicyclic) bond motifs is 1. The summed E-state index contributed by atoms with van der Waals surface area (Å²) in [5, 5.41) is 12.4. The van der Waals surface area contributed by atoms with E-state index in [2.05, 4.69) is 22.4 Å². The third-order valence-corrected chi connectivity index (χ3v) is 6.28. The number of ether oxygens (including phenoxy) is 2. The summed E-state index contributed by atoms with van der Waals surface area (Å²) < 4.78 is 12.7. The van der Waals surface area contributed by atoms with Crippen LogP contribution in [-0.2, 0) is 11.8 Å². The molecule has 0 spiro atoms. The Balaban J connectivity index is 1.38. The zero-order valence-corrected chi connectivity index (χ0v) is 16.4. The molecule has 8 heteroatoms. The normalized spacial score (nSPS) is 21.3. The number of nitrogens with one attached hydrogen (secondary N) is 1. The molecule has 0 bridgehead atoms. The lowest BCUT2D eigenvalue weighted by atomic mass is 9.86. The molecule has 144 valence electrons. The highest BCUT2D eigenvalue weighted by atomic mass is 32.2. The molecule has 27 heavy (non-hydrogen) atoms. The van der Waals surface area contributed by atoms with Gasteiger partial charge in [-0.05, 0) is 37.0 Å². The molecule has 1 aliphatic heterocycles. The number of rotatable bonds is 5. The predicted octanol–water partition coefficient (Wildman–Crippen LogP) is 3.00. The van der Waals surface area contributed by atoms with Crippen LogP contribution < -0.4 is 14.8 Å². The fraction of sp³-hybridized carbons (Fsp3) is 0.526. The maximum absolute atomic E-state index is 12.3. The molecule has 2 aliphatic rings. The van der Waals surface area contributed by atoms with Gasteiger partial charge < -0.3 is 19.4 Å². The summed E-state index contributed by atoms with van der Waals surface area (Å²) in [5.74, 6) is 3.15. The first-order chi connectivity index (χ1) is 13.1. The van der Waals surface area contributed by atoms with Gasteiger partial charge in [-0.2, -0.15) is 0 Å². The van der Waals surface area contributed by atoms with Gasteiger partial charge in [0.25, 0.3) is 0 Å². The first kappa shape index (κ1) is 18.2. The van der Waals surface area contributed by atoms with Crippen LogP contribution in [0.1, 0.15) is 32.6 Å². The van der Waals surface area contributed by atoms with Crippen LogP contribution in [-0.4, -0.2) is 39.3 Å². The number of hydrogen-bond acceptors (Lipinski definition) is 6. The topological polar surface area (TPSA) is 78.3 Å². The number of benzene rings is 1. The average Bonchev–Trinajstić information content (AvgIpc) is 3.27. The van der Waals surface area contributed by atoms with Crippen LogP contribution in [0.25, 0.3) is 11.4 Å². The van der Waals surface area contributed by atoms with Gasteiger partial charge in [-0.3, -0.25) is 4.79 Å². The van der Waals surface area contributed by atoms with Crippen molar-refractivity contribution >= 4 is 17.7 Å². The van der Waals surface area contributed by atoms with E-state index in [9.17, 15) is 4.79 Å². The van der Waals surface area contributed by atoms with Crippen LogP contribution in [0.5, 0.6) is 11.5 Å². The van der Waals surface area contributed by atoms with Crippen molar-refractivity contribution in [1.82, 2.24) is 20.1 Å². The number of thioether (sulfide) groups is 1. The summed E-state index contributed by atoms with van der Waals surface area (Å²) in [4.78, 5) is 12.3. The van der Waals surface area contributed by atoms with Crippen LogP contribution in [0, 0.1) is 5.92 Å². The number of carbonyl (C=O) groups excluding carboxylic acids is 1. The van der Waals surface area contributed by atoms with E-state index in [0.29, 0.717) is 23.5 Å². The molecule has 2 atom stereocenters. The van der Waals surface area contributed by atoms with Crippen molar-refractivity contribution in [3.05, 3.63) is 18.2 Å². The highest BCUT2D eigenvalue weighted by Crippen LogP contribution is 2.35. The lowest BCUT2D eigenvalue weighted by Gasteiger charge is -2.29. The highest BCUT2D eigenvalue weighted by Gasteiger charge is 2.23. The van der Waals surface area contributed by atoms with E-state index in [4.69, 9.17) is 9.47 Å². The Hall–Kier alpha value is -2.22. The van der Waals surface area contributed by atoms with Gasteiger partial charge in [-0.25, -0.2) is 0 Å². The standard InChI is InChI=1S/C19H24N4O3S/c1-12-5-3-4-6-14(12)20-17(24)10-27-19-22-21-18(23(19)2)13-7-8-15-16(9-13)26-11-25-15/h7-9,12,14H,3-6,10-11H2,1-2H3,(H,20,24)/t12-,14+/m1/s1. The van der Waals surface area contributed by atoms with E-state index in [1.165, 1.54) is 31.0 Å². The monoisotopic (exact) mass is 388 g/mol. The molecule has 0 unspecified atom stereocenters. The fourth-order valence-corrected chi connectivity index (χ4v) is 4.36. The number of aromatic nitrogens is 3. The van der Waals surface area contributed by atoms with Crippen LogP contribution >= 0.6 is 11.8 Å². The summed E-state index contributed by atoms with van der Waals surface area (Å²) in [7, 11) is 1.91. The summed E-state index contributed by atoms with van der Waals surface area (Å²) in [6.45, 7) is 2.46. The Bertz CT molecular complexity index is 838. The van der Waals surface area contributed by atoms with Gasteiger partial charge in [0.1, 0.15) is 0 Å². The zero-order valence-electron chi connectivity index (χ0n) is 15.6. The van der Waals surface area contributed by atoms with E-state index >= 15 is 0 Å². The van der Waals surface area contributed by atoms with Crippen LogP contribution in [0.4, 0.5) is 0 Å². The maximum atomic E-state index is 12.3. The minimum atomic E-state index is 0.0615. The molecule has 1 N–H and O–H groups in total. The molecule has 1 aromatic heterocycles. The van der Waals surface area contributed by atoms with E-state index in [-0.39, 0.29) is 12.7 Å². The number of carbonyl (C=O) groups is 1. The van der Waals surface area contributed by atoms with Crippen molar-refractivity contribution < 1.29 is 14.3 Å². The molecule has 1 amide bonds. The van der Waals surface area contributed by atoms with E-state index in [1.807, 2.05) is 29.8 Å². The van der Waals surface area contributed by atoms with Crippen molar-refractivity contribution in [2.45, 2.75) is 43.8 Å². The largest absolute Gasteiger partial charge is 0.454 e. The minimum Gasteiger partial charge on any atom is -0.454 e. The van der Waals surface area contributed by atoms with Crippen LogP contribution in [0.2, 0.25) is 0 Å². The second-order valence-electron chi connectivity index (χ2n) is 7.16. The molecule has 1 fully saturated rings. The van der Waals surface area contributed by atoms with Crippen molar-refractivity contribution in [3.8, 4) is 22.9 Å². The first-order valence-corrected chi connectivity index (χ1v) is 10.3. The Kier molecular flexibility index (Phi) is 5.24. The van der Waals surface area contributed by atoms with E-state index in [0.717, 1.165) is 28.7 Å². The number of amides is 1. The maximum Gasteiger partial charge on any atom is 0.231 e. The lowest BCUT2D eigenvalue weighted by Crippen LogP contribution is -2.41.